The maximum absolute atomic E-state index is 12.5. The van der Waals surface area contributed by atoms with Crippen LogP contribution >= 0.6 is 12.2 Å². The van der Waals surface area contributed by atoms with Gasteiger partial charge in [0.05, 0.1) is 17.8 Å². The number of aryl methyl sites for hydroxylation is 1. The summed E-state index contributed by atoms with van der Waals surface area (Å²) < 4.78 is 0. The van der Waals surface area contributed by atoms with Gasteiger partial charge in [0.25, 0.3) is 0 Å². The lowest BCUT2D eigenvalue weighted by Crippen LogP contribution is -2.32. The number of hydrogen-bond donors (Lipinski definition) is 3. The second-order valence-corrected chi connectivity index (χ2v) is 7.50. The zero-order valence-corrected chi connectivity index (χ0v) is 16.9. The van der Waals surface area contributed by atoms with Crippen molar-refractivity contribution in [1.29, 1.82) is 0 Å². The summed E-state index contributed by atoms with van der Waals surface area (Å²) in [6.07, 6.45) is 4.01. The SMILES string of the molecule is Cc1ccc(NC(=O)CCN2C(=S)N[C@H](c3ccccn3)[C@H]2c2ccc[nH]2)cc1. The Balaban J connectivity index is 1.48. The van der Waals surface area contributed by atoms with Gasteiger partial charge in [-0.25, -0.2) is 0 Å². The van der Waals surface area contributed by atoms with Crippen LogP contribution in [0, 0.1) is 6.92 Å². The molecule has 3 heterocycles. The highest BCUT2D eigenvalue weighted by atomic mass is 32.1. The first-order valence-corrected chi connectivity index (χ1v) is 10.0. The molecular weight excluding hydrogens is 382 g/mol. The Morgan fingerprint density at radius 1 is 1.17 bits per heavy atom. The van der Waals surface area contributed by atoms with Crippen LogP contribution in [0.2, 0.25) is 0 Å². The highest BCUT2D eigenvalue weighted by molar-refractivity contribution is 7.80. The molecule has 148 valence electrons. The topological polar surface area (TPSA) is 73.1 Å². The lowest BCUT2D eigenvalue weighted by molar-refractivity contribution is -0.116. The van der Waals surface area contributed by atoms with E-state index in [9.17, 15) is 4.79 Å². The number of nitrogens with one attached hydrogen (secondary N) is 3. The average molecular weight is 406 g/mol. The number of rotatable bonds is 6. The summed E-state index contributed by atoms with van der Waals surface area (Å²) in [6.45, 7) is 2.53. The van der Waals surface area contributed by atoms with Gasteiger partial charge in [-0.2, -0.15) is 0 Å². The van der Waals surface area contributed by atoms with Gasteiger partial charge in [0.15, 0.2) is 5.11 Å². The third kappa shape index (κ3) is 4.30. The molecule has 3 N–H and O–H groups in total. The summed E-state index contributed by atoms with van der Waals surface area (Å²) in [4.78, 5) is 22.3. The van der Waals surface area contributed by atoms with E-state index < -0.39 is 0 Å². The van der Waals surface area contributed by atoms with Gasteiger partial charge in [0.1, 0.15) is 0 Å². The Labute approximate surface area is 175 Å². The van der Waals surface area contributed by atoms with Gasteiger partial charge in [-0.3, -0.25) is 9.78 Å². The van der Waals surface area contributed by atoms with Crippen molar-refractivity contribution in [2.45, 2.75) is 25.4 Å². The van der Waals surface area contributed by atoms with Crippen molar-refractivity contribution >= 4 is 28.9 Å². The smallest absolute Gasteiger partial charge is 0.226 e. The van der Waals surface area contributed by atoms with E-state index in [1.165, 1.54) is 0 Å². The maximum atomic E-state index is 12.5. The molecule has 1 amide bonds. The van der Waals surface area contributed by atoms with Crippen LogP contribution in [0.1, 0.15) is 35.5 Å². The van der Waals surface area contributed by atoms with E-state index in [0.29, 0.717) is 18.1 Å². The number of anilines is 1. The first-order valence-electron chi connectivity index (χ1n) is 9.60. The number of carbonyl (C=O) groups excluding carboxylic acids is 1. The molecule has 2 atom stereocenters. The number of aromatic nitrogens is 2. The molecule has 1 saturated heterocycles. The van der Waals surface area contributed by atoms with E-state index >= 15 is 0 Å². The summed E-state index contributed by atoms with van der Waals surface area (Å²) in [5.41, 5.74) is 3.91. The number of carbonyl (C=O) groups is 1. The van der Waals surface area contributed by atoms with Crippen molar-refractivity contribution in [3.05, 3.63) is 83.9 Å². The van der Waals surface area contributed by atoms with E-state index in [-0.39, 0.29) is 18.0 Å². The summed E-state index contributed by atoms with van der Waals surface area (Å²) in [7, 11) is 0. The minimum atomic E-state index is -0.0810. The first-order chi connectivity index (χ1) is 14.1. The lowest BCUT2D eigenvalue weighted by Gasteiger charge is -2.26. The van der Waals surface area contributed by atoms with Crippen LogP contribution in [0.5, 0.6) is 0 Å². The number of benzene rings is 1. The fraction of sp³-hybridized carbons (Fsp3) is 0.227. The fourth-order valence-electron chi connectivity index (χ4n) is 3.60. The predicted octanol–water partition coefficient (Wildman–Crippen LogP) is 3.72. The highest BCUT2D eigenvalue weighted by Crippen LogP contribution is 2.37. The molecule has 0 saturated carbocycles. The largest absolute Gasteiger partial charge is 0.363 e. The van der Waals surface area contributed by atoms with Gasteiger partial charge in [-0.05, 0) is 55.5 Å². The van der Waals surface area contributed by atoms with Crippen molar-refractivity contribution in [2.24, 2.45) is 0 Å². The third-order valence-corrected chi connectivity index (χ3v) is 5.41. The number of H-pyrrole nitrogens is 1. The molecule has 1 aliphatic heterocycles. The summed E-state index contributed by atoms with van der Waals surface area (Å²) >= 11 is 5.61. The summed E-state index contributed by atoms with van der Waals surface area (Å²) in [5.74, 6) is -0.0387. The molecule has 2 aromatic heterocycles. The van der Waals surface area contributed by atoms with Gasteiger partial charge in [0, 0.05) is 36.7 Å². The van der Waals surface area contributed by atoms with Crippen LogP contribution in [0.15, 0.2) is 67.0 Å². The fourth-order valence-corrected chi connectivity index (χ4v) is 3.93. The van der Waals surface area contributed by atoms with E-state index in [4.69, 9.17) is 12.2 Å². The normalized spacial score (nSPS) is 18.5. The lowest BCUT2D eigenvalue weighted by atomic mass is 10.0. The molecule has 0 unspecified atom stereocenters. The number of nitrogens with zero attached hydrogens (tertiary/aromatic N) is 2. The number of amides is 1. The Kier molecular flexibility index (Phi) is 5.57. The second kappa shape index (κ2) is 8.45. The highest BCUT2D eigenvalue weighted by Gasteiger charge is 2.40. The minimum Gasteiger partial charge on any atom is -0.363 e. The van der Waals surface area contributed by atoms with Crippen LogP contribution in [0.4, 0.5) is 5.69 Å². The molecule has 3 aromatic rings. The third-order valence-electron chi connectivity index (χ3n) is 5.05. The Morgan fingerprint density at radius 2 is 2.00 bits per heavy atom. The molecule has 6 nitrogen and oxygen atoms in total. The van der Waals surface area contributed by atoms with Crippen molar-refractivity contribution in [3.8, 4) is 0 Å². The number of thiocarbonyl (C=S) groups is 1. The van der Waals surface area contributed by atoms with Crippen molar-refractivity contribution in [3.63, 3.8) is 0 Å². The van der Waals surface area contributed by atoms with Crippen molar-refractivity contribution in [2.75, 3.05) is 11.9 Å². The Bertz CT molecular complexity index is 972. The van der Waals surface area contributed by atoms with E-state index in [2.05, 4.69) is 25.5 Å². The van der Waals surface area contributed by atoms with Gasteiger partial charge < -0.3 is 20.5 Å². The van der Waals surface area contributed by atoms with Gasteiger partial charge in [-0.1, -0.05) is 23.8 Å². The molecule has 1 aliphatic rings. The first kappa shape index (κ1) is 19.1. The number of hydrogen-bond acceptors (Lipinski definition) is 3. The molecule has 4 rings (SSSR count). The zero-order valence-electron chi connectivity index (χ0n) is 16.1. The molecular formula is C22H23N5OS. The molecule has 0 bridgehead atoms. The molecule has 7 heteroatoms. The molecule has 0 spiro atoms. The molecule has 29 heavy (non-hydrogen) atoms. The van der Waals surface area contributed by atoms with Crippen LogP contribution in [-0.2, 0) is 4.79 Å². The van der Waals surface area contributed by atoms with Gasteiger partial charge in [-0.15, -0.1) is 0 Å². The Morgan fingerprint density at radius 3 is 2.69 bits per heavy atom. The van der Waals surface area contributed by atoms with E-state index in [1.54, 1.807) is 6.20 Å². The van der Waals surface area contributed by atoms with E-state index in [1.807, 2.05) is 67.7 Å². The standard InChI is InChI=1S/C22H23N5OS/c1-15-7-9-16(10-8-15)25-19(28)11-14-27-21(18-6-4-13-24-18)20(26-22(27)29)17-5-2-3-12-23-17/h2-10,12-13,20-21,24H,11,14H2,1H3,(H,25,28)(H,26,29)/t20-,21-/m1/s1. The van der Waals surface area contributed by atoms with Crippen LogP contribution in [0.25, 0.3) is 0 Å². The maximum Gasteiger partial charge on any atom is 0.226 e. The summed E-state index contributed by atoms with van der Waals surface area (Å²) in [6, 6.07) is 17.5. The molecule has 0 aliphatic carbocycles. The van der Waals surface area contributed by atoms with E-state index in [0.717, 1.165) is 22.6 Å². The van der Waals surface area contributed by atoms with Gasteiger partial charge >= 0.3 is 0 Å². The molecule has 0 radical (unpaired) electrons. The van der Waals surface area contributed by atoms with Gasteiger partial charge in [0.2, 0.25) is 5.91 Å². The van der Waals surface area contributed by atoms with Crippen LogP contribution in [0.3, 0.4) is 0 Å². The quantitative estimate of drug-likeness (QED) is 0.545. The zero-order chi connectivity index (χ0) is 20.2. The average Bonchev–Trinajstić information content (AvgIpc) is 3.36. The molecule has 1 aromatic carbocycles. The minimum absolute atomic E-state index is 0.0387. The van der Waals surface area contributed by atoms with Crippen molar-refractivity contribution in [1.82, 2.24) is 20.2 Å². The monoisotopic (exact) mass is 405 g/mol. The molecule has 1 fully saturated rings. The number of aromatic amines is 1. The second-order valence-electron chi connectivity index (χ2n) is 7.11. The number of pyridine rings is 1. The Hall–Kier alpha value is -3.19. The predicted molar refractivity (Wildman–Crippen MR) is 117 cm³/mol. The van der Waals surface area contributed by atoms with Crippen LogP contribution in [-0.4, -0.2) is 32.4 Å². The van der Waals surface area contributed by atoms with Crippen LogP contribution < -0.4 is 10.6 Å². The van der Waals surface area contributed by atoms with Crippen molar-refractivity contribution < 1.29 is 4.79 Å². The summed E-state index contributed by atoms with van der Waals surface area (Å²) in [5, 5.41) is 6.96.